The van der Waals surface area contributed by atoms with Gasteiger partial charge in [-0.05, 0) is 19.3 Å². The molecule has 2 saturated heterocycles. The minimum absolute atomic E-state index is 0.406. The molecule has 4 fully saturated rings. The highest BCUT2D eigenvalue weighted by molar-refractivity contribution is 5.80. The molecule has 4 rings (SSSR count). The Morgan fingerprint density at radius 3 is 2.78 bits per heavy atom. The summed E-state index contributed by atoms with van der Waals surface area (Å²) in [4.78, 5) is 6.89. The van der Waals surface area contributed by atoms with Crippen LogP contribution in [0.15, 0.2) is 4.99 Å². The van der Waals surface area contributed by atoms with Gasteiger partial charge in [0, 0.05) is 57.2 Å². The number of hydrogen-bond acceptors (Lipinski definition) is 4. The van der Waals surface area contributed by atoms with Crippen LogP contribution in [-0.2, 0) is 9.47 Å². The summed E-state index contributed by atoms with van der Waals surface area (Å²) in [6.07, 6.45) is 5.70. The number of nitrogens with zero attached hydrogens (tertiary/aromatic N) is 2. The highest BCUT2D eigenvalue weighted by Crippen LogP contribution is 2.62. The van der Waals surface area contributed by atoms with Crippen molar-refractivity contribution in [3.8, 4) is 0 Å². The Bertz CT molecular complexity index is 446. The molecule has 2 heterocycles. The minimum Gasteiger partial charge on any atom is -0.379 e. The predicted octanol–water partition coefficient (Wildman–Crippen LogP) is 0.441. The quantitative estimate of drug-likeness (QED) is 0.581. The van der Waals surface area contributed by atoms with E-state index in [1.807, 2.05) is 7.05 Å². The normalized spacial score (nSPS) is 36.2. The van der Waals surface area contributed by atoms with Crippen LogP contribution < -0.4 is 10.6 Å². The average molecular weight is 322 g/mol. The van der Waals surface area contributed by atoms with Gasteiger partial charge in [0.25, 0.3) is 0 Å². The van der Waals surface area contributed by atoms with Crippen LogP contribution in [0, 0.1) is 11.3 Å². The van der Waals surface area contributed by atoms with E-state index in [9.17, 15) is 0 Å². The standard InChI is InChI=1S/C17H30N4O2/c1-18-16(19-6-7-21-8-11-22-12-9-21)20-14-13-3-10-23-15(13)17(14)4-2-5-17/h13-15H,2-12H2,1H3,(H2,18,19,20). The number of hydrogen-bond donors (Lipinski definition) is 2. The lowest BCUT2D eigenvalue weighted by atomic mass is 9.46. The van der Waals surface area contributed by atoms with Crippen molar-refractivity contribution in [3.63, 3.8) is 0 Å². The molecule has 0 radical (unpaired) electrons. The second-order valence-electron chi connectivity index (χ2n) is 7.41. The lowest BCUT2D eigenvalue weighted by molar-refractivity contribution is -0.171. The summed E-state index contributed by atoms with van der Waals surface area (Å²) in [7, 11) is 1.87. The molecule has 1 spiro atoms. The lowest BCUT2D eigenvalue weighted by Crippen LogP contribution is -2.72. The van der Waals surface area contributed by atoms with Gasteiger partial charge in [0.1, 0.15) is 0 Å². The van der Waals surface area contributed by atoms with E-state index in [1.165, 1.54) is 25.7 Å². The molecule has 3 unspecified atom stereocenters. The molecule has 0 bridgehead atoms. The van der Waals surface area contributed by atoms with Crippen LogP contribution in [0.25, 0.3) is 0 Å². The molecule has 0 aromatic rings. The Morgan fingerprint density at radius 2 is 2.09 bits per heavy atom. The predicted molar refractivity (Wildman–Crippen MR) is 89.7 cm³/mol. The minimum atomic E-state index is 0.406. The number of aliphatic imine (C=N–C) groups is 1. The van der Waals surface area contributed by atoms with Crippen molar-refractivity contribution in [2.45, 2.75) is 37.8 Å². The SMILES string of the molecule is CN=C(NCCN1CCOCC1)NC1C2CCOC2C12CCC2. The van der Waals surface area contributed by atoms with E-state index in [0.717, 1.165) is 52.0 Å². The van der Waals surface area contributed by atoms with Crippen molar-refractivity contribution in [1.82, 2.24) is 15.5 Å². The summed E-state index contributed by atoms with van der Waals surface area (Å²) in [5.41, 5.74) is 0.406. The molecule has 2 aliphatic carbocycles. The van der Waals surface area contributed by atoms with Crippen molar-refractivity contribution in [1.29, 1.82) is 0 Å². The summed E-state index contributed by atoms with van der Waals surface area (Å²) >= 11 is 0. The second kappa shape index (κ2) is 6.57. The summed E-state index contributed by atoms with van der Waals surface area (Å²) in [5, 5.41) is 7.22. The number of nitrogens with one attached hydrogen (secondary N) is 2. The zero-order valence-electron chi connectivity index (χ0n) is 14.2. The molecule has 4 aliphatic rings. The molecule has 0 amide bonds. The molecule has 130 valence electrons. The molecule has 0 aromatic carbocycles. The van der Waals surface area contributed by atoms with Gasteiger partial charge < -0.3 is 20.1 Å². The van der Waals surface area contributed by atoms with E-state index < -0.39 is 0 Å². The Labute approximate surface area is 139 Å². The summed E-state index contributed by atoms with van der Waals surface area (Å²) in [6, 6.07) is 0.554. The molecule has 2 N–H and O–H groups in total. The van der Waals surface area contributed by atoms with E-state index in [4.69, 9.17) is 9.47 Å². The van der Waals surface area contributed by atoms with E-state index >= 15 is 0 Å². The highest BCUT2D eigenvalue weighted by Gasteiger charge is 2.66. The monoisotopic (exact) mass is 322 g/mol. The molecule has 6 nitrogen and oxygen atoms in total. The first-order valence-electron chi connectivity index (χ1n) is 9.22. The van der Waals surface area contributed by atoms with Gasteiger partial charge in [0.2, 0.25) is 0 Å². The van der Waals surface area contributed by atoms with Crippen LogP contribution in [0.2, 0.25) is 0 Å². The third kappa shape index (κ3) is 2.75. The third-order valence-corrected chi connectivity index (χ3v) is 6.38. The fourth-order valence-corrected chi connectivity index (χ4v) is 4.96. The van der Waals surface area contributed by atoms with E-state index in [-0.39, 0.29) is 0 Å². The third-order valence-electron chi connectivity index (χ3n) is 6.38. The second-order valence-corrected chi connectivity index (χ2v) is 7.41. The van der Waals surface area contributed by atoms with E-state index in [0.29, 0.717) is 23.5 Å². The molecule has 2 saturated carbocycles. The van der Waals surface area contributed by atoms with Crippen molar-refractivity contribution in [2.75, 3.05) is 53.0 Å². The molecular formula is C17H30N4O2. The van der Waals surface area contributed by atoms with Crippen molar-refractivity contribution >= 4 is 5.96 Å². The molecule has 0 aromatic heterocycles. The van der Waals surface area contributed by atoms with Crippen molar-refractivity contribution in [2.24, 2.45) is 16.3 Å². The van der Waals surface area contributed by atoms with E-state index in [1.54, 1.807) is 0 Å². The van der Waals surface area contributed by atoms with Gasteiger partial charge in [-0.3, -0.25) is 9.89 Å². The highest BCUT2D eigenvalue weighted by atomic mass is 16.5. The first-order chi connectivity index (χ1) is 11.3. The van der Waals surface area contributed by atoms with Gasteiger partial charge in [-0.25, -0.2) is 0 Å². The van der Waals surface area contributed by atoms with Crippen LogP contribution in [0.5, 0.6) is 0 Å². The van der Waals surface area contributed by atoms with Crippen LogP contribution in [0.3, 0.4) is 0 Å². The summed E-state index contributed by atoms with van der Waals surface area (Å²) in [5.74, 6) is 1.65. The smallest absolute Gasteiger partial charge is 0.191 e. The first-order valence-corrected chi connectivity index (χ1v) is 9.22. The number of fused-ring (bicyclic) bond motifs is 2. The van der Waals surface area contributed by atoms with Crippen LogP contribution in [0.1, 0.15) is 25.7 Å². The Balaban J connectivity index is 1.27. The number of rotatable bonds is 4. The van der Waals surface area contributed by atoms with Gasteiger partial charge in [-0.2, -0.15) is 0 Å². The lowest BCUT2D eigenvalue weighted by Gasteiger charge is -2.63. The number of morpholine rings is 1. The first kappa shape index (κ1) is 15.7. The largest absolute Gasteiger partial charge is 0.379 e. The van der Waals surface area contributed by atoms with Crippen molar-refractivity contribution in [3.05, 3.63) is 0 Å². The topological polar surface area (TPSA) is 58.1 Å². The van der Waals surface area contributed by atoms with Gasteiger partial charge in [-0.1, -0.05) is 6.42 Å². The fraction of sp³-hybridized carbons (Fsp3) is 0.941. The maximum Gasteiger partial charge on any atom is 0.191 e. The van der Waals surface area contributed by atoms with Crippen LogP contribution in [0.4, 0.5) is 0 Å². The zero-order valence-corrected chi connectivity index (χ0v) is 14.2. The molecule has 3 atom stereocenters. The van der Waals surface area contributed by atoms with Crippen LogP contribution >= 0.6 is 0 Å². The van der Waals surface area contributed by atoms with Crippen LogP contribution in [-0.4, -0.2) is 76.1 Å². The molecule has 6 heteroatoms. The van der Waals surface area contributed by atoms with E-state index in [2.05, 4.69) is 20.5 Å². The van der Waals surface area contributed by atoms with Gasteiger partial charge in [0.15, 0.2) is 5.96 Å². The summed E-state index contributed by atoms with van der Waals surface area (Å²) in [6.45, 7) is 6.74. The molecule has 2 aliphatic heterocycles. The number of ether oxygens (including phenoxy) is 2. The Morgan fingerprint density at radius 1 is 1.26 bits per heavy atom. The molecular weight excluding hydrogens is 292 g/mol. The molecule has 23 heavy (non-hydrogen) atoms. The fourth-order valence-electron chi connectivity index (χ4n) is 4.96. The number of guanidine groups is 1. The Kier molecular flexibility index (Phi) is 4.48. The zero-order chi connectivity index (χ0) is 15.7. The van der Waals surface area contributed by atoms with Gasteiger partial charge >= 0.3 is 0 Å². The Hall–Kier alpha value is -0.850. The average Bonchev–Trinajstić information content (AvgIpc) is 2.95. The van der Waals surface area contributed by atoms with Gasteiger partial charge in [-0.15, -0.1) is 0 Å². The maximum absolute atomic E-state index is 6.00. The van der Waals surface area contributed by atoms with Gasteiger partial charge in [0.05, 0.1) is 19.3 Å². The van der Waals surface area contributed by atoms with Crippen molar-refractivity contribution < 1.29 is 9.47 Å². The summed E-state index contributed by atoms with van der Waals surface area (Å²) < 4.78 is 11.4. The maximum atomic E-state index is 6.00.